The molecule has 28 heavy (non-hydrogen) atoms. The summed E-state index contributed by atoms with van der Waals surface area (Å²) in [5.74, 6) is 0.918. The minimum atomic E-state index is -0.0774. The van der Waals surface area contributed by atoms with E-state index < -0.39 is 0 Å². The zero-order valence-corrected chi connectivity index (χ0v) is 16.1. The van der Waals surface area contributed by atoms with Crippen LogP contribution in [0.25, 0.3) is 11.1 Å². The predicted octanol–water partition coefficient (Wildman–Crippen LogP) is 3.95. The van der Waals surface area contributed by atoms with Crippen molar-refractivity contribution in [2.45, 2.75) is 26.3 Å². The highest BCUT2D eigenvalue weighted by Crippen LogP contribution is 2.26. The lowest BCUT2D eigenvalue weighted by atomic mass is 9.95. The largest absolute Gasteiger partial charge is 0.379 e. The SMILES string of the molecule is Cc1cccc(-c2ccccc2C(=O)N[C@H]2COC[C@H]2Cc2cc(C)no2)c1. The molecule has 2 aromatic carbocycles. The molecule has 0 aliphatic carbocycles. The average molecular weight is 376 g/mol. The van der Waals surface area contributed by atoms with Crippen LogP contribution in [0.1, 0.15) is 27.4 Å². The summed E-state index contributed by atoms with van der Waals surface area (Å²) in [4.78, 5) is 13.1. The fraction of sp³-hybridized carbons (Fsp3) is 0.304. The number of aromatic nitrogens is 1. The third-order valence-electron chi connectivity index (χ3n) is 5.16. The van der Waals surface area contributed by atoms with E-state index >= 15 is 0 Å². The fourth-order valence-electron chi connectivity index (χ4n) is 3.72. The second-order valence-electron chi connectivity index (χ2n) is 7.43. The van der Waals surface area contributed by atoms with Crippen molar-refractivity contribution in [1.29, 1.82) is 0 Å². The Balaban J connectivity index is 1.52. The van der Waals surface area contributed by atoms with Crippen LogP contribution >= 0.6 is 0 Å². The minimum absolute atomic E-state index is 0.0523. The summed E-state index contributed by atoms with van der Waals surface area (Å²) in [7, 11) is 0. The van der Waals surface area contributed by atoms with Crippen molar-refractivity contribution in [3.05, 3.63) is 77.2 Å². The van der Waals surface area contributed by atoms with Crippen molar-refractivity contribution in [2.24, 2.45) is 5.92 Å². The summed E-state index contributed by atoms with van der Waals surface area (Å²) in [6.45, 7) is 5.07. The number of nitrogens with one attached hydrogen (secondary N) is 1. The molecular weight excluding hydrogens is 352 g/mol. The first-order valence-corrected chi connectivity index (χ1v) is 9.57. The Morgan fingerprint density at radius 2 is 1.96 bits per heavy atom. The van der Waals surface area contributed by atoms with Crippen molar-refractivity contribution < 1.29 is 14.1 Å². The summed E-state index contributed by atoms with van der Waals surface area (Å²) in [5.41, 5.74) is 4.68. The molecule has 2 atom stereocenters. The maximum absolute atomic E-state index is 13.1. The van der Waals surface area contributed by atoms with Gasteiger partial charge in [-0.2, -0.15) is 0 Å². The second kappa shape index (κ2) is 7.98. The smallest absolute Gasteiger partial charge is 0.252 e. The number of amides is 1. The van der Waals surface area contributed by atoms with Crippen LogP contribution in [0.4, 0.5) is 0 Å². The van der Waals surface area contributed by atoms with Crippen molar-refractivity contribution in [3.8, 4) is 11.1 Å². The Morgan fingerprint density at radius 1 is 1.11 bits per heavy atom. The molecule has 1 saturated heterocycles. The molecule has 0 radical (unpaired) electrons. The van der Waals surface area contributed by atoms with Crippen LogP contribution in [-0.4, -0.2) is 30.3 Å². The number of benzene rings is 2. The molecule has 1 N–H and O–H groups in total. The first-order valence-electron chi connectivity index (χ1n) is 9.57. The van der Waals surface area contributed by atoms with Gasteiger partial charge in [0.25, 0.3) is 5.91 Å². The van der Waals surface area contributed by atoms with Gasteiger partial charge in [-0.1, -0.05) is 53.2 Å². The summed E-state index contributed by atoms with van der Waals surface area (Å²) in [6, 6.07) is 17.8. The van der Waals surface area contributed by atoms with Gasteiger partial charge in [-0.15, -0.1) is 0 Å². The molecule has 0 saturated carbocycles. The molecule has 1 aliphatic heterocycles. The summed E-state index contributed by atoms with van der Waals surface area (Å²) < 4.78 is 11.0. The molecule has 0 spiro atoms. The van der Waals surface area contributed by atoms with Crippen LogP contribution in [0.3, 0.4) is 0 Å². The zero-order chi connectivity index (χ0) is 19.5. The lowest BCUT2D eigenvalue weighted by Crippen LogP contribution is -2.40. The normalized spacial score (nSPS) is 18.9. The van der Waals surface area contributed by atoms with Gasteiger partial charge < -0.3 is 14.6 Å². The summed E-state index contributed by atoms with van der Waals surface area (Å²) >= 11 is 0. The summed E-state index contributed by atoms with van der Waals surface area (Å²) in [5, 5.41) is 7.11. The number of nitrogens with zero attached hydrogens (tertiary/aromatic N) is 1. The van der Waals surface area contributed by atoms with E-state index in [2.05, 4.69) is 29.5 Å². The highest BCUT2D eigenvalue weighted by Gasteiger charge is 2.31. The van der Waals surface area contributed by atoms with Crippen LogP contribution < -0.4 is 5.32 Å². The number of aryl methyl sites for hydroxylation is 2. The number of hydrogen-bond donors (Lipinski definition) is 1. The molecule has 1 amide bonds. The Kier molecular flexibility index (Phi) is 5.26. The van der Waals surface area contributed by atoms with Crippen molar-refractivity contribution in [3.63, 3.8) is 0 Å². The highest BCUT2D eigenvalue weighted by molar-refractivity contribution is 6.01. The Morgan fingerprint density at radius 3 is 2.75 bits per heavy atom. The summed E-state index contributed by atoms with van der Waals surface area (Å²) in [6.07, 6.45) is 0.700. The van der Waals surface area contributed by atoms with E-state index in [1.807, 2.05) is 49.4 Å². The zero-order valence-electron chi connectivity index (χ0n) is 16.1. The van der Waals surface area contributed by atoms with Gasteiger partial charge in [-0.3, -0.25) is 4.79 Å². The van der Waals surface area contributed by atoms with Gasteiger partial charge in [-0.25, -0.2) is 0 Å². The number of ether oxygens (including phenoxy) is 1. The highest BCUT2D eigenvalue weighted by atomic mass is 16.5. The molecule has 0 unspecified atom stereocenters. The Bertz CT molecular complexity index is 979. The van der Waals surface area contributed by atoms with Gasteiger partial charge in [0.15, 0.2) is 0 Å². The Hall–Kier alpha value is -2.92. The van der Waals surface area contributed by atoms with Gasteiger partial charge in [0.05, 0.1) is 24.9 Å². The average Bonchev–Trinajstić information content (AvgIpc) is 3.31. The maximum atomic E-state index is 13.1. The molecule has 1 fully saturated rings. The first-order chi connectivity index (χ1) is 13.6. The van der Waals surface area contributed by atoms with E-state index in [9.17, 15) is 4.79 Å². The van der Waals surface area contributed by atoms with Gasteiger partial charge in [0, 0.05) is 24.0 Å². The quantitative estimate of drug-likeness (QED) is 0.732. The topological polar surface area (TPSA) is 64.4 Å². The molecule has 5 heteroatoms. The van der Waals surface area contributed by atoms with E-state index in [0.29, 0.717) is 25.2 Å². The third kappa shape index (κ3) is 3.99. The molecule has 144 valence electrons. The number of hydrogen-bond acceptors (Lipinski definition) is 4. The monoisotopic (exact) mass is 376 g/mol. The maximum Gasteiger partial charge on any atom is 0.252 e. The van der Waals surface area contributed by atoms with E-state index in [1.54, 1.807) is 0 Å². The van der Waals surface area contributed by atoms with Gasteiger partial charge in [0.1, 0.15) is 5.76 Å². The number of carbonyl (C=O) groups is 1. The molecule has 3 aromatic rings. The molecule has 1 aromatic heterocycles. The van der Waals surface area contributed by atoms with Gasteiger partial charge in [0.2, 0.25) is 0 Å². The van der Waals surface area contributed by atoms with Gasteiger partial charge in [-0.05, 0) is 31.0 Å². The van der Waals surface area contributed by atoms with Crippen LogP contribution in [-0.2, 0) is 11.2 Å². The van der Waals surface area contributed by atoms with Crippen LogP contribution in [0, 0.1) is 19.8 Å². The number of carbonyl (C=O) groups excluding carboxylic acids is 1. The first kappa shape index (κ1) is 18.4. The van der Waals surface area contributed by atoms with Gasteiger partial charge >= 0.3 is 0 Å². The molecule has 0 bridgehead atoms. The van der Waals surface area contributed by atoms with Crippen molar-refractivity contribution in [1.82, 2.24) is 10.5 Å². The predicted molar refractivity (Wildman–Crippen MR) is 107 cm³/mol. The molecule has 5 nitrogen and oxygen atoms in total. The van der Waals surface area contributed by atoms with E-state index in [0.717, 1.165) is 22.6 Å². The molecule has 2 heterocycles. The molecule has 1 aliphatic rings. The molecular formula is C23H24N2O3. The standard InChI is InChI=1S/C23H24N2O3/c1-15-6-5-7-17(10-15)20-8-3-4-9-21(20)23(26)24-22-14-27-13-18(22)12-19-11-16(2)25-28-19/h3-11,18,22H,12-14H2,1-2H3,(H,24,26)/t18-,22+/m1/s1. The van der Waals surface area contributed by atoms with Crippen LogP contribution in [0.5, 0.6) is 0 Å². The Labute approximate surface area is 164 Å². The van der Waals surface area contributed by atoms with E-state index in [-0.39, 0.29) is 17.9 Å². The molecule has 4 rings (SSSR count). The number of rotatable bonds is 5. The van der Waals surface area contributed by atoms with Crippen molar-refractivity contribution in [2.75, 3.05) is 13.2 Å². The van der Waals surface area contributed by atoms with Crippen LogP contribution in [0.15, 0.2) is 59.1 Å². The second-order valence-corrected chi connectivity index (χ2v) is 7.43. The fourth-order valence-corrected chi connectivity index (χ4v) is 3.72. The minimum Gasteiger partial charge on any atom is -0.379 e. The van der Waals surface area contributed by atoms with E-state index in [4.69, 9.17) is 9.26 Å². The lowest BCUT2D eigenvalue weighted by molar-refractivity contribution is 0.0925. The third-order valence-corrected chi connectivity index (χ3v) is 5.16. The van der Waals surface area contributed by atoms with Crippen LogP contribution in [0.2, 0.25) is 0 Å². The van der Waals surface area contributed by atoms with Crippen molar-refractivity contribution >= 4 is 5.91 Å². The lowest BCUT2D eigenvalue weighted by Gasteiger charge is -2.19. The van der Waals surface area contributed by atoms with E-state index in [1.165, 1.54) is 5.56 Å².